The first-order valence-electron chi connectivity index (χ1n) is 11.9. The van der Waals surface area contributed by atoms with Crippen molar-refractivity contribution in [3.8, 4) is 5.69 Å². The van der Waals surface area contributed by atoms with Crippen LogP contribution in [-0.2, 0) is 21.2 Å². The first kappa shape index (κ1) is 26.1. The Kier molecular flexibility index (Phi) is 8.55. The molecule has 11 heteroatoms. The van der Waals surface area contributed by atoms with Crippen LogP contribution in [0.1, 0.15) is 42.4 Å². The second kappa shape index (κ2) is 11.8. The highest BCUT2D eigenvalue weighted by atomic mass is 32.2. The monoisotopic (exact) mass is 527 g/mol. The number of Topliss-reactive ketones (excluding diaryl/α,β-unsaturated/α-hetero) is 1. The van der Waals surface area contributed by atoms with Crippen molar-refractivity contribution in [3.05, 3.63) is 66.0 Å². The van der Waals surface area contributed by atoms with Crippen molar-refractivity contribution in [2.45, 2.75) is 42.7 Å². The number of aryl methyl sites for hydroxylation is 1. The Bertz CT molecular complexity index is 1300. The third-order valence-electron chi connectivity index (χ3n) is 5.88. The lowest BCUT2D eigenvalue weighted by atomic mass is 10.1. The van der Waals surface area contributed by atoms with E-state index in [0.717, 1.165) is 24.4 Å². The molecule has 1 fully saturated rings. The van der Waals surface area contributed by atoms with Gasteiger partial charge >= 0.3 is 0 Å². The molecule has 2 aromatic carbocycles. The Morgan fingerprint density at radius 2 is 1.69 bits per heavy atom. The van der Waals surface area contributed by atoms with E-state index in [2.05, 4.69) is 15.5 Å². The van der Waals surface area contributed by atoms with Gasteiger partial charge in [-0.15, -0.1) is 10.2 Å². The van der Waals surface area contributed by atoms with Crippen LogP contribution in [0.2, 0.25) is 0 Å². The summed E-state index contributed by atoms with van der Waals surface area (Å²) in [7, 11) is -3.51. The SMILES string of the molecule is CC(=O)NCCCc1nnc(SCC(=O)c2ccc(S(=O)(=O)N3CCCC3)cc2)n1-c1ccccc1. The van der Waals surface area contributed by atoms with Gasteiger partial charge in [-0.3, -0.25) is 14.2 Å². The van der Waals surface area contributed by atoms with E-state index in [-0.39, 0.29) is 22.3 Å². The molecule has 0 spiro atoms. The van der Waals surface area contributed by atoms with Crippen molar-refractivity contribution in [2.24, 2.45) is 0 Å². The van der Waals surface area contributed by atoms with E-state index in [4.69, 9.17) is 0 Å². The second-order valence-electron chi connectivity index (χ2n) is 8.50. The molecule has 0 atom stereocenters. The number of hydrogen-bond acceptors (Lipinski definition) is 7. The molecule has 1 N–H and O–H groups in total. The van der Waals surface area contributed by atoms with E-state index in [9.17, 15) is 18.0 Å². The highest BCUT2D eigenvalue weighted by molar-refractivity contribution is 7.99. The van der Waals surface area contributed by atoms with Crippen molar-refractivity contribution in [1.29, 1.82) is 0 Å². The molecule has 4 rings (SSSR count). The molecular weight excluding hydrogens is 498 g/mol. The van der Waals surface area contributed by atoms with Crippen LogP contribution in [-0.4, -0.2) is 64.6 Å². The number of thioether (sulfide) groups is 1. The largest absolute Gasteiger partial charge is 0.356 e. The van der Waals surface area contributed by atoms with Gasteiger partial charge in [0.25, 0.3) is 0 Å². The number of hydrogen-bond donors (Lipinski definition) is 1. The third kappa shape index (κ3) is 6.21. The Morgan fingerprint density at radius 3 is 2.36 bits per heavy atom. The average molecular weight is 528 g/mol. The number of para-hydroxylation sites is 1. The normalized spacial score (nSPS) is 14.1. The minimum Gasteiger partial charge on any atom is -0.356 e. The van der Waals surface area contributed by atoms with Crippen molar-refractivity contribution < 1.29 is 18.0 Å². The van der Waals surface area contributed by atoms with Gasteiger partial charge < -0.3 is 5.32 Å². The summed E-state index contributed by atoms with van der Waals surface area (Å²) in [4.78, 5) is 24.2. The standard InChI is InChI=1S/C25H29N5O4S2/c1-19(31)26-15-7-10-24-27-28-25(30(24)21-8-3-2-4-9-21)35-18-23(32)20-11-13-22(14-12-20)36(33,34)29-16-5-6-17-29/h2-4,8-9,11-14H,5-7,10,15-18H2,1H3,(H,26,31). The first-order valence-corrected chi connectivity index (χ1v) is 14.3. The molecule has 0 saturated carbocycles. The Morgan fingerprint density at radius 1 is 1.00 bits per heavy atom. The van der Waals surface area contributed by atoms with Crippen molar-refractivity contribution in [1.82, 2.24) is 24.4 Å². The van der Waals surface area contributed by atoms with Gasteiger partial charge in [0.1, 0.15) is 5.82 Å². The van der Waals surface area contributed by atoms with E-state index < -0.39 is 10.0 Å². The molecule has 9 nitrogen and oxygen atoms in total. The topological polar surface area (TPSA) is 114 Å². The highest BCUT2D eigenvalue weighted by Gasteiger charge is 2.27. The minimum absolute atomic E-state index is 0.0732. The number of sulfonamides is 1. The first-order chi connectivity index (χ1) is 17.4. The summed E-state index contributed by atoms with van der Waals surface area (Å²) in [6.45, 7) is 3.10. The van der Waals surface area contributed by atoms with E-state index >= 15 is 0 Å². The Balaban J connectivity index is 1.44. The van der Waals surface area contributed by atoms with Crippen molar-refractivity contribution in [2.75, 3.05) is 25.4 Å². The number of aromatic nitrogens is 3. The summed E-state index contributed by atoms with van der Waals surface area (Å²) < 4.78 is 28.9. The molecule has 1 aromatic heterocycles. The number of nitrogens with one attached hydrogen (secondary N) is 1. The molecule has 1 amide bonds. The average Bonchev–Trinajstić information content (AvgIpc) is 3.57. The molecule has 190 valence electrons. The minimum atomic E-state index is -3.51. The predicted octanol–water partition coefficient (Wildman–Crippen LogP) is 3.10. The van der Waals surface area contributed by atoms with Crippen molar-refractivity contribution in [3.63, 3.8) is 0 Å². The van der Waals surface area contributed by atoms with E-state index in [1.807, 2.05) is 34.9 Å². The van der Waals surface area contributed by atoms with Crippen molar-refractivity contribution >= 4 is 33.5 Å². The maximum Gasteiger partial charge on any atom is 0.243 e. The van der Waals surface area contributed by atoms with E-state index in [1.54, 1.807) is 12.1 Å². The zero-order chi connectivity index (χ0) is 25.5. The summed E-state index contributed by atoms with van der Waals surface area (Å²) in [5.41, 5.74) is 1.34. The lowest BCUT2D eigenvalue weighted by molar-refractivity contribution is -0.118. The third-order valence-corrected chi connectivity index (χ3v) is 8.72. The van der Waals surface area contributed by atoms with Gasteiger partial charge in [0.05, 0.1) is 10.6 Å². The maximum atomic E-state index is 12.9. The lowest BCUT2D eigenvalue weighted by Gasteiger charge is -2.15. The predicted molar refractivity (Wildman–Crippen MR) is 138 cm³/mol. The molecule has 1 saturated heterocycles. The molecule has 0 bridgehead atoms. The van der Waals surface area contributed by atoms with Gasteiger partial charge in [0.2, 0.25) is 15.9 Å². The van der Waals surface area contributed by atoms with Gasteiger partial charge in [0, 0.05) is 44.2 Å². The van der Waals surface area contributed by atoms with Crippen LogP contribution in [0.5, 0.6) is 0 Å². The van der Waals surface area contributed by atoms with Crippen LogP contribution in [0.15, 0.2) is 64.6 Å². The fraction of sp³-hybridized carbons (Fsp3) is 0.360. The molecule has 2 heterocycles. The van der Waals surface area contributed by atoms with Gasteiger partial charge in [0.15, 0.2) is 10.9 Å². The maximum absolute atomic E-state index is 12.9. The molecule has 0 radical (unpaired) electrons. The summed E-state index contributed by atoms with van der Waals surface area (Å²) in [5, 5.41) is 12.0. The summed E-state index contributed by atoms with van der Waals surface area (Å²) >= 11 is 1.28. The smallest absolute Gasteiger partial charge is 0.243 e. The number of amides is 1. The van der Waals surface area contributed by atoms with Crippen LogP contribution in [0.4, 0.5) is 0 Å². The number of carbonyl (C=O) groups is 2. The van der Waals surface area contributed by atoms with E-state index in [0.29, 0.717) is 43.2 Å². The van der Waals surface area contributed by atoms with Gasteiger partial charge in [-0.25, -0.2) is 8.42 Å². The fourth-order valence-corrected chi connectivity index (χ4v) is 6.39. The van der Waals surface area contributed by atoms with Crippen LogP contribution in [0.25, 0.3) is 5.69 Å². The van der Waals surface area contributed by atoms with Crippen LogP contribution < -0.4 is 5.32 Å². The second-order valence-corrected chi connectivity index (χ2v) is 11.4. The number of nitrogens with zero attached hydrogens (tertiary/aromatic N) is 4. The van der Waals surface area contributed by atoms with Crippen LogP contribution >= 0.6 is 11.8 Å². The number of rotatable bonds is 11. The Labute approximate surface area is 215 Å². The van der Waals surface area contributed by atoms with Crippen LogP contribution in [0, 0.1) is 0 Å². The summed E-state index contributed by atoms with van der Waals surface area (Å²) in [6, 6.07) is 15.8. The summed E-state index contributed by atoms with van der Waals surface area (Å²) in [5.74, 6) is 0.684. The zero-order valence-corrected chi connectivity index (χ0v) is 21.7. The molecular formula is C25H29N5O4S2. The molecule has 1 aliphatic heterocycles. The molecule has 0 unspecified atom stereocenters. The van der Waals surface area contributed by atoms with Gasteiger partial charge in [-0.1, -0.05) is 42.1 Å². The quantitative estimate of drug-likeness (QED) is 0.232. The number of carbonyl (C=O) groups excluding carboxylic acids is 2. The zero-order valence-electron chi connectivity index (χ0n) is 20.1. The highest BCUT2D eigenvalue weighted by Crippen LogP contribution is 2.25. The number of benzene rings is 2. The Hall–Kier alpha value is -3.02. The van der Waals surface area contributed by atoms with Gasteiger partial charge in [-0.2, -0.15) is 4.31 Å². The van der Waals surface area contributed by atoms with Gasteiger partial charge in [-0.05, 0) is 43.5 Å². The van der Waals surface area contributed by atoms with Crippen LogP contribution in [0.3, 0.4) is 0 Å². The number of ketones is 1. The molecule has 1 aliphatic rings. The summed E-state index contributed by atoms with van der Waals surface area (Å²) in [6.07, 6.45) is 3.07. The lowest BCUT2D eigenvalue weighted by Crippen LogP contribution is -2.27. The molecule has 36 heavy (non-hydrogen) atoms. The molecule has 3 aromatic rings. The fourth-order valence-electron chi connectivity index (χ4n) is 4.01. The van der Waals surface area contributed by atoms with E-state index in [1.165, 1.54) is 35.1 Å². The molecule has 0 aliphatic carbocycles.